The van der Waals surface area contributed by atoms with Crippen LogP contribution in [-0.2, 0) is 21.2 Å². The van der Waals surface area contributed by atoms with E-state index in [4.69, 9.17) is 4.74 Å². The van der Waals surface area contributed by atoms with Gasteiger partial charge in [0, 0.05) is 12.2 Å². The number of benzene rings is 2. The van der Waals surface area contributed by atoms with Gasteiger partial charge in [0.05, 0.1) is 19.9 Å². The van der Waals surface area contributed by atoms with Crippen LogP contribution in [0.2, 0.25) is 0 Å². The second-order valence-corrected chi connectivity index (χ2v) is 7.59. The number of rotatable bonds is 8. The smallest absolute Gasteiger partial charge is 0.239 e. The summed E-state index contributed by atoms with van der Waals surface area (Å²) in [4.78, 5) is 12.2. The van der Waals surface area contributed by atoms with Crippen LogP contribution < -0.4 is 10.1 Å². The fourth-order valence-corrected chi connectivity index (χ4v) is 3.07. The molecular formula is C18H22N2O4S. The Morgan fingerprint density at radius 3 is 2.28 bits per heavy atom. The van der Waals surface area contributed by atoms with Gasteiger partial charge < -0.3 is 10.1 Å². The Morgan fingerprint density at radius 2 is 1.72 bits per heavy atom. The average molecular weight is 362 g/mol. The van der Waals surface area contributed by atoms with Crippen LogP contribution in [0.15, 0.2) is 54.6 Å². The minimum absolute atomic E-state index is 0.225. The fourth-order valence-electron chi connectivity index (χ4n) is 2.30. The molecule has 0 aromatic heterocycles. The predicted octanol–water partition coefficient (Wildman–Crippen LogP) is 2.14. The van der Waals surface area contributed by atoms with Crippen molar-refractivity contribution in [2.75, 3.05) is 31.8 Å². The summed E-state index contributed by atoms with van der Waals surface area (Å²) >= 11 is 0. The van der Waals surface area contributed by atoms with E-state index in [0.29, 0.717) is 17.9 Å². The van der Waals surface area contributed by atoms with Gasteiger partial charge in [-0.2, -0.15) is 4.31 Å². The van der Waals surface area contributed by atoms with Crippen molar-refractivity contribution < 1.29 is 17.9 Å². The van der Waals surface area contributed by atoms with Crippen LogP contribution in [0.3, 0.4) is 0 Å². The highest BCUT2D eigenvalue weighted by molar-refractivity contribution is 7.88. The Kier molecular flexibility index (Phi) is 6.55. The lowest BCUT2D eigenvalue weighted by molar-refractivity contribution is -0.116. The van der Waals surface area contributed by atoms with E-state index in [0.717, 1.165) is 11.8 Å². The maximum Gasteiger partial charge on any atom is 0.239 e. The highest BCUT2D eigenvalue weighted by Gasteiger charge is 2.20. The number of carbonyl (C=O) groups is 1. The third-order valence-electron chi connectivity index (χ3n) is 3.66. The molecule has 0 saturated heterocycles. The van der Waals surface area contributed by atoms with Crippen LogP contribution in [0.1, 0.15) is 5.56 Å². The van der Waals surface area contributed by atoms with E-state index < -0.39 is 10.0 Å². The highest BCUT2D eigenvalue weighted by atomic mass is 32.2. The number of carbonyl (C=O) groups excluding carboxylic acids is 1. The molecule has 2 aromatic rings. The lowest BCUT2D eigenvalue weighted by atomic mass is 10.1. The van der Waals surface area contributed by atoms with Crippen molar-refractivity contribution in [2.45, 2.75) is 6.42 Å². The topological polar surface area (TPSA) is 75.7 Å². The second-order valence-electron chi connectivity index (χ2n) is 5.61. The first-order chi connectivity index (χ1) is 11.9. The minimum Gasteiger partial charge on any atom is -0.497 e. The van der Waals surface area contributed by atoms with E-state index in [1.54, 1.807) is 31.4 Å². The van der Waals surface area contributed by atoms with Crippen molar-refractivity contribution in [2.24, 2.45) is 0 Å². The number of nitrogens with one attached hydrogen (secondary N) is 1. The first kappa shape index (κ1) is 19.0. The van der Waals surface area contributed by atoms with Gasteiger partial charge >= 0.3 is 0 Å². The number of amides is 1. The number of sulfonamides is 1. The molecule has 0 aliphatic rings. The van der Waals surface area contributed by atoms with Crippen molar-refractivity contribution in [3.8, 4) is 5.75 Å². The molecule has 25 heavy (non-hydrogen) atoms. The van der Waals surface area contributed by atoms with Crippen LogP contribution in [0.4, 0.5) is 5.69 Å². The molecule has 6 nitrogen and oxygen atoms in total. The summed E-state index contributed by atoms with van der Waals surface area (Å²) in [6.45, 7) is 0.0244. The van der Waals surface area contributed by atoms with Crippen molar-refractivity contribution in [1.82, 2.24) is 4.31 Å². The molecule has 1 amide bonds. The maximum atomic E-state index is 12.2. The number of anilines is 1. The molecule has 0 spiro atoms. The summed E-state index contributed by atoms with van der Waals surface area (Å²) in [6.07, 6.45) is 1.66. The number of methoxy groups -OCH3 is 1. The first-order valence-electron chi connectivity index (χ1n) is 7.81. The molecule has 0 fully saturated rings. The van der Waals surface area contributed by atoms with E-state index in [-0.39, 0.29) is 19.0 Å². The number of ether oxygens (including phenoxy) is 1. The Balaban J connectivity index is 1.97. The molecule has 134 valence electrons. The maximum absolute atomic E-state index is 12.2. The summed E-state index contributed by atoms with van der Waals surface area (Å²) in [5.41, 5.74) is 1.61. The average Bonchev–Trinajstić information content (AvgIpc) is 2.59. The van der Waals surface area contributed by atoms with Crippen molar-refractivity contribution in [1.29, 1.82) is 0 Å². The fraction of sp³-hybridized carbons (Fsp3) is 0.278. The van der Waals surface area contributed by atoms with Crippen molar-refractivity contribution in [3.05, 3.63) is 60.2 Å². The van der Waals surface area contributed by atoms with Gasteiger partial charge in [-0.3, -0.25) is 4.79 Å². The van der Waals surface area contributed by atoms with E-state index >= 15 is 0 Å². The van der Waals surface area contributed by atoms with E-state index in [2.05, 4.69) is 5.32 Å². The molecular weight excluding hydrogens is 340 g/mol. The molecule has 2 rings (SSSR count). The van der Waals surface area contributed by atoms with Gasteiger partial charge in [0.2, 0.25) is 15.9 Å². The van der Waals surface area contributed by atoms with E-state index in [1.165, 1.54) is 4.31 Å². The van der Waals surface area contributed by atoms with Gasteiger partial charge in [-0.25, -0.2) is 8.42 Å². The molecule has 0 aliphatic carbocycles. The molecule has 7 heteroatoms. The Bertz CT molecular complexity index is 790. The van der Waals surface area contributed by atoms with Crippen LogP contribution in [-0.4, -0.2) is 45.1 Å². The molecule has 0 heterocycles. The zero-order valence-corrected chi connectivity index (χ0v) is 15.1. The van der Waals surface area contributed by atoms with E-state index in [1.807, 2.05) is 30.3 Å². The molecule has 0 radical (unpaired) electrons. The SMILES string of the molecule is COc1ccc(NC(=O)CN(CCc2ccccc2)S(C)(=O)=O)cc1. The monoisotopic (exact) mass is 362 g/mol. The quantitative estimate of drug-likeness (QED) is 0.781. The number of hydrogen-bond donors (Lipinski definition) is 1. The van der Waals surface area contributed by atoms with Crippen LogP contribution >= 0.6 is 0 Å². The summed E-state index contributed by atoms with van der Waals surface area (Å²) < 4.78 is 30.1. The van der Waals surface area contributed by atoms with Crippen LogP contribution in [0.5, 0.6) is 5.75 Å². The van der Waals surface area contributed by atoms with Gasteiger partial charge in [-0.05, 0) is 36.2 Å². The van der Waals surface area contributed by atoms with Crippen LogP contribution in [0, 0.1) is 0 Å². The zero-order valence-electron chi connectivity index (χ0n) is 14.3. The van der Waals surface area contributed by atoms with Crippen LogP contribution in [0.25, 0.3) is 0 Å². The third-order valence-corrected chi connectivity index (χ3v) is 4.91. The van der Waals surface area contributed by atoms with Gasteiger partial charge in [0.25, 0.3) is 0 Å². The Morgan fingerprint density at radius 1 is 1.08 bits per heavy atom. The molecule has 0 bridgehead atoms. The molecule has 0 atom stereocenters. The third kappa shape index (κ3) is 6.21. The van der Waals surface area contributed by atoms with Gasteiger partial charge in [-0.1, -0.05) is 30.3 Å². The molecule has 0 saturated carbocycles. The highest BCUT2D eigenvalue weighted by Crippen LogP contribution is 2.15. The molecule has 2 aromatic carbocycles. The van der Waals surface area contributed by atoms with E-state index in [9.17, 15) is 13.2 Å². The zero-order chi connectivity index (χ0) is 18.3. The lowest BCUT2D eigenvalue weighted by Gasteiger charge is -2.19. The molecule has 0 unspecified atom stereocenters. The second kappa shape index (κ2) is 8.64. The first-order valence-corrected chi connectivity index (χ1v) is 9.66. The summed E-state index contributed by atoms with van der Waals surface area (Å²) in [6, 6.07) is 16.4. The minimum atomic E-state index is -3.48. The summed E-state index contributed by atoms with van der Waals surface area (Å²) in [5.74, 6) is 0.294. The predicted molar refractivity (Wildman–Crippen MR) is 98.2 cm³/mol. The van der Waals surface area contributed by atoms with Gasteiger partial charge in [0.1, 0.15) is 5.75 Å². The largest absolute Gasteiger partial charge is 0.497 e. The normalized spacial score (nSPS) is 11.3. The standard InChI is InChI=1S/C18H22N2O4S/c1-24-17-10-8-16(9-11-17)19-18(21)14-20(25(2,22)23)13-12-15-6-4-3-5-7-15/h3-11H,12-14H2,1-2H3,(H,19,21). The Hall–Kier alpha value is -2.38. The van der Waals surface area contributed by atoms with Crippen molar-refractivity contribution in [3.63, 3.8) is 0 Å². The summed E-state index contributed by atoms with van der Waals surface area (Å²) in [7, 11) is -1.92. The van der Waals surface area contributed by atoms with Crippen molar-refractivity contribution >= 4 is 21.6 Å². The summed E-state index contributed by atoms with van der Waals surface area (Å²) in [5, 5.41) is 2.69. The Labute approximate surface area is 148 Å². The molecule has 1 N–H and O–H groups in total. The molecule has 0 aliphatic heterocycles. The number of nitrogens with zero attached hydrogens (tertiary/aromatic N) is 1. The number of hydrogen-bond acceptors (Lipinski definition) is 4. The van der Waals surface area contributed by atoms with Gasteiger partial charge in [0.15, 0.2) is 0 Å². The lowest BCUT2D eigenvalue weighted by Crippen LogP contribution is -2.38. The van der Waals surface area contributed by atoms with Gasteiger partial charge in [-0.15, -0.1) is 0 Å².